The first-order valence-electron chi connectivity index (χ1n) is 10.0. The molecule has 0 aliphatic heterocycles. The maximum Gasteiger partial charge on any atom is 0.311 e. The smallest absolute Gasteiger partial charge is 0.311 e. The van der Waals surface area contributed by atoms with Crippen molar-refractivity contribution in [2.75, 3.05) is 0 Å². The van der Waals surface area contributed by atoms with Crippen molar-refractivity contribution >= 4 is 38.7 Å². The van der Waals surface area contributed by atoms with Crippen molar-refractivity contribution in [3.63, 3.8) is 0 Å². The van der Waals surface area contributed by atoms with E-state index in [4.69, 9.17) is 4.74 Å². The molecule has 0 saturated heterocycles. The first kappa shape index (κ1) is 22.6. The Labute approximate surface area is 187 Å². The Hall–Kier alpha value is -3.07. The van der Waals surface area contributed by atoms with Crippen LogP contribution in [-0.2, 0) is 6.42 Å². The van der Waals surface area contributed by atoms with E-state index in [1.165, 1.54) is 17.0 Å². The second kappa shape index (κ2) is 9.82. The number of hydrogen-bond acceptors (Lipinski definition) is 6. The molecule has 1 heterocycles. The van der Waals surface area contributed by atoms with Gasteiger partial charge >= 0.3 is 5.69 Å². The molecule has 0 fully saturated rings. The lowest BCUT2D eigenvalue weighted by atomic mass is 10.2. The molecule has 0 amide bonds. The monoisotopic (exact) mass is 486 g/mol. The molecule has 0 saturated carbocycles. The number of nitrogens with zero attached hydrogens (tertiary/aromatic N) is 4. The van der Waals surface area contributed by atoms with Gasteiger partial charge in [-0.05, 0) is 50.1 Å². The van der Waals surface area contributed by atoms with Crippen LogP contribution in [0, 0.1) is 10.1 Å². The molecule has 0 bridgehead atoms. The van der Waals surface area contributed by atoms with Crippen LogP contribution >= 0.6 is 15.9 Å². The van der Waals surface area contributed by atoms with Crippen molar-refractivity contribution in [3.8, 4) is 5.75 Å². The average molecular weight is 487 g/mol. The number of halogens is 1. The fourth-order valence-corrected chi connectivity index (χ4v) is 3.34. The van der Waals surface area contributed by atoms with Crippen molar-refractivity contribution in [1.82, 2.24) is 9.66 Å². The zero-order valence-corrected chi connectivity index (χ0v) is 19.1. The second-order valence-corrected chi connectivity index (χ2v) is 8.04. The summed E-state index contributed by atoms with van der Waals surface area (Å²) in [6.45, 7) is 5.79. The minimum atomic E-state index is -0.487. The third-order valence-electron chi connectivity index (χ3n) is 4.75. The molecule has 1 atom stereocenters. The summed E-state index contributed by atoms with van der Waals surface area (Å²) in [6.07, 6.45) is 3.37. The number of aromatic nitrogens is 2. The van der Waals surface area contributed by atoms with Gasteiger partial charge in [0.1, 0.15) is 5.82 Å². The topological polar surface area (TPSA) is 99.6 Å². The van der Waals surface area contributed by atoms with Gasteiger partial charge in [0.05, 0.1) is 28.1 Å². The molecule has 0 radical (unpaired) electrons. The van der Waals surface area contributed by atoms with Crippen molar-refractivity contribution in [2.24, 2.45) is 5.10 Å². The van der Waals surface area contributed by atoms with Crippen molar-refractivity contribution in [2.45, 2.75) is 46.1 Å². The molecule has 3 rings (SSSR count). The molecule has 0 N–H and O–H groups in total. The first-order valence-corrected chi connectivity index (χ1v) is 10.8. The summed E-state index contributed by atoms with van der Waals surface area (Å²) in [5.41, 5.74) is 0.639. The Kier molecular flexibility index (Phi) is 7.17. The standard InChI is InChI=1S/C22H23BrN4O4/c1-4-6-21-25-18-9-8-16(23)12-17(18)22(28)26(21)24-13-15-7-10-20(31-14(3)5-2)19(11-15)27(29)30/h7-14H,4-6H2,1-3H3/t14-/m0/s1. The number of nitro benzene ring substituents is 1. The van der Waals surface area contributed by atoms with Crippen molar-refractivity contribution in [1.29, 1.82) is 0 Å². The Morgan fingerprint density at radius 3 is 2.74 bits per heavy atom. The Morgan fingerprint density at radius 1 is 1.29 bits per heavy atom. The van der Waals surface area contributed by atoms with Gasteiger partial charge in [-0.1, -0.05) is 29.8 Å². The van der Waals surface area contributed by atoms with E-state index in [9.17, 15) is 14.9 Å². The molecule has 0 aliphatic carbocycles. The molecular formula is C22H23BrN4O4. The van der Waals surface area contributed by atoms with Gasteiger partial charge < -0.3 is 4.74 Å². The molecule has 0 spiro atoms. The molecular weight excluding hydrogens is 464 g/mol. The van der Waals surface area contributed by atoms with Crippen LogP contribution in [0.3, 0.4) is 0 Å². The summed E-state index contributed by atoms with van der Waals surface area (Å²) in [7, 11) is 0. The highest BCUT2D eigenvalue weighted by atomic mass is 79.9. The van der Waals surface area contributed by atoms with Crippen LogP contribution in [0.5, 0.6) is 5.75 Å². The van der Waals surface area contributed by atoms with E-state index in [0.29, 0.717) is 28.7 Å². The largest absolute Gasteiger partial charge is 0.484 e. The summed E-state index contributed by atoms with van der Waals surface area (Å²) in [6, 6.07) is 9.93. The highest BCUT2D eigenvalue weighted by Gasteiger charge is 2.17. The van der Waals surface area contributed by atoms with E-state index in [1.807, 2.05) is 26.8 Å². The maximum atomic E-state index is 13.0. The van der Waals surface area contributed by atoms with Gasteiger partial charge in [-0.15, -0.1) is 0 Å². The number of hydrogen-bond donors (Lipinski definition) is 0. The number of rotatable bonds is 8. The summed E-state index contributed by atoms with van der Waals surface area (Å²) < 4.78 is 7.67. The lowest BCUT2D eigenvalue weighted by molar-refractivity contribution is -0.386. The second-order valence-electron chi connectivity index (χ2n) is 7.12. The normalized spacial score (nSPS) is 12.4. The van der Waals surface area contributed by atoms with Gasteiger partial charge in [-0.25, -0.2) is 4.98 Å². The van der Waals surface area contributed by atoms with Crippen LogP contribution in [0.4, 0.5) is 5.69 Å². The van der Waals surface area contributed by atoms with E-state index in [1.54, 1.807) is 24.3 Å². The lowest BCUT2D eigenvalue weighted by Gasteiger charge is -2.12. The summed E-state index contributed by atoms with van der Waals surface area (Å²) in [5, 5.41) is 16.3. The highest BCUT2D eigenvalue weighted by molar-refractivity contribution is 9.10. The quantitative estimate of drug-likeness (QED) is 0.251. The number of benzene rings is 2. The minimum absolute atomic E-state index is 0.142. The lowest BCUT2D eigenvalue weighted by Crippen LogP contribution is -2.22. The fourth-order valence-electron chi connectivity index (χ4n) is 2.98. The maximum absolute atomic E-state index is 13.0. The molecule has 9 heteroatoms. The van der Waals surface area contributed by atoms with Crippen LogP contribution in [0.2, 0.25) is 0 Å². The summed E-state index contributed by atoms with van der Waals surface area (Å²) >= 11 is 3.38. The minimum Gasteiger partial charge on any atom is -0.484 e. The Bertz CT molecular complexity index is 1210. The van der Waals surface area contributed by atoms with Gasteiger partial charge in [0.25, 0.3) is 5.56 Å². The summed E-state index contributed by atoms with van der Waals surface area (Å²) in [5.74, 6) is 0.738. The van der Waals surface area contributed by atoms with E-state index >= 15 is 0 Å². The molecule has 1 aromatic heterocycles. The SMILES string of the molecule is CCCc1nc2ccc(Br)cc2c(=O)n1N=Cc1ccc(O[C@@H](C)CC)c([N+](=O)[O-])c1. The zero-order valence-electron chi connectivity index (χ0n) is 17.5. The van der Waals surface area contributed by atoms with Gasteiger partial charge in [-0.3, -0.25) is 14.9 Å². The number of ether oxygens (including phenoxy) is 1. The summed E-state index contributed by atoms with van der Waals surface area (Å²) in [4.78, 5) is 28.6. The fraction of sp³-hybridized carbons (Fsp3) is 0.318. The highest BCUT2D eigenvalue weighted by Crippen LogP contribution is 2.29. The first-order chi connectivity index (χ1) is 14.8. The molecule has 0 aliphatic rings. The van der Waals surface area contributed by atoms with Gasteiger partial charge in [0.2, 0.25) is 0 Å². The molecule has 8 nitrogen and oxygen atoms in total. The van der Waals surface area contributed by atoms with Crippen LogP contribution in [-0.4, -0.2) is 26.9 Å². The number of fused-ring (bicyclic) bond motifs is 1. The van der Waals surface area contributed by atoms with E-state index in [2.05, 4.69) is 26.0 Å². The van der Waals surface area contributed by atoms with E-state index in [-0.39, 0.29) is 23.1 Å². The van der Waals surface area contributed by atoms with Gasteiger partial charge in [-0.2, -0.15) is 9.78 Å². The molecule has 3 aromatic rings. The van der Waals surface area contributed by atoms with E-state index in [0.717, 1.165) is 17.3 Å². The average Bonchev–Trinajstić information content (AvgIpc) is 2.74. The molecule has 162 valence electrons. The van der Waals surface area contributed by atoms with Crippen molar-refractivity contribution < 1.29 is 9.66 Å². The molecule has 0 unspecified atom stereocenters. The third kappa shape index (κ3) is 5.16. The Balaban J connectivity index is 2.05. The third-order valence-corrected chi connectivity index (χ3v) is 5.25. The van der Waals surface area contributed by atoms with Gasteiger partial charge in [0.15, 0.2) is 5.75 Å². The van der Waals surface area contributed by atoms with Crippen LogP contribution in [0.25, 0.3) is 10.9 Å². The molecule has 31 heavy (non-hydrogen) atoms. The predicted molar refractivity (Wildman–Crippen MR) is 124 cm³/mol. The number of nitro groups is 1. The predicted octanol–water partition coefficient (Wildman–Crippen LogP) is 5.08. The van der Waals surface area contributed by atoms with Crippen molar-refractivity contribution in [3.05, 3.63) is 72.7 Å². The van der Waals surface area contributed by atoms with E-state index < -0.39 is 4.92 Å². The van der Waals surface area contributed by atoms with Crippen LogP contribution in [0.15, 0.2) is 50.8 Å². The van der Waals surface area contributed by atoms with Crippen LogP contribution < -0.4 is 10.3 Å². The van der Waals surface area contributed by atoms with Gasteiger partial charge in [0, 0.05) is 22.5 Å². The number of aryl methyl sites for hydroxylation is 1. The Morgan fingerprint density at radius 2 is 2.06 bits per heavy atom. The van der Waals surface area contributed by atoms with Crippen LogP contribution in [0.1, 0.15) is 45.0 Å². The zero-order chi connectivity index (χ0) is 22.5. The molecule has 2 aromatic carbocycles.